The molecule has 0 saturated heterocycles. The van der Waals surface area contributed by atoms with E-state index in [9.17, 15) is 5.11 Å². The average Bonchev–Trinajstić information content (AvgIpc) is 1.61. The van der Waals surface area contributed by atoms with Crippen LogP contribution >= 0.6 is 0 Å². The lowest BCUT2D eigenvalue weighted by atomic mass is 10.3. The van der Waals surface area contributed by atoms with E-state index in [1.807, 2.05) is 0 Å². The molecule has 0 aliphatic carbocycles. The topological polar surface area (TPSA) is 19.9 Å². The Hall–Kier alpha value is -0.480. The van der Waals surface area contributed by atoms with Crippen molar-refractivity contribution in [3.8, 4) is 12.3 Å². The van der Waals surface area contributed by atoms with Crippen LogP contribution in [0.1, 0.15) is 12.8 Å². The molecule has 0 spiro atoms. The second-order valence-corrected chi connectivity index (χ2v) is 1.01. The second-order valence-electron chi connectivity index (χ2n) is 1.01. The average molecular weight is 83.1 g/mol. The quantitative estimate of drug-likeness (QED) is 0.348. The van der Waals surface area contributed by atoms with E-state index in [1.54, 1.807) is 0 Å². The molecule has 0 aromatic heterocycles. The minimum absolute atomic E-state index is 0.0375. The number of hydrogen-bond acceptors (Lipinski definition) is 0. The van der Waals surface area contributed by atoms with E-state index in [-0.39, 0.29) is 6.61 Å². The summed E-state index contributed by atoms with van der Waals surface area (Å²) in [6.07, 6.45) is 6.08. The summed E-state index contributed by atoms with van der Waals surface area (Å²) in [7, 11) is 0. The summed E-state index contributed by atoms with van der Waals surface area (Å²) in [5.41, 5.74) is 0. The number of terminal acetylenes is 1. The molecule has 0 aromatic rings. The molecular formula is C5H7O. The molecule has 1 heteroatoms. The van der Waals surface area contributed by atoms with Gasteiger partial charge < -0.3 is 0 Å². The molecule has 0 fully saturated rings. The second kappa shape index (κ2) is 4.52. The maximum atomic E-state index is 9.59. The fraction of sp³-hybridized carbons (Fsp3) is 0.600. The minimum atomic E-state index is -0.0375. The van der Waals surface area contributed by atoms with Crippen molar-refractivity contribution in [1.82, 2.24) is 0 Å². The lowest BCUT2D eigenvalue weighted by molar-refractivity contribution is 0.190. The van der Waals surface area contributed by atoms with E-state index < -0.39 is 0 Å². The number of unbranched alkanes of at least 4 members (excludes halogenated alkanes) is 1. The van der Waals surface area contributed by atoms with Crippen LogP contribution in [0.4, 0.5) is 0 Å². The zero-order chi connectivity index (χ0) is 4.83. The molecule has 6 heavy (non-hydrogen) atoms. The van der Waals surface area contributed by atoms with Crippen molar-refractivity contribution in [2.24, 2.45) is 0 Å². The Labute approximate surface area is 38.0 Å². The standard InChI is InChI=1S/C5H7O/c1-2-3-4-5-6/h1H,3-5H2. The predicted molar refractivity (Wildman–Crippen MR) is 23.6 cm³/mol. The third kappa shape index (κ3) is 3.52. The van der Waals surface area contributed by atoms with Crippen molar-refractivity contribution >= 4 is 0 Å². The van der Waals surface area contributed by atoms with Gasteiger partial charge in [-0.1, -0.05) is 0 Å². The molecular weight excluding hydrogens is 76.1 g/mol. The number of hydrogen-bond donors (Lipinski definition) is 0. The Balaban J connectivity index is 2.54. The van der Waals surface area contributed by atoms with Gasteiger partial charge in [0.25, 0.3) is 0 Å². The highest BCUT2D eigenvalue weighted by atomic mass is 16.2. The van der Waals surface area contributed by atoms with Crippen LogP contribution in [0.2, 0.25) is 0 Å². The molecule has 33 valence electrons. The molecule has 0 saturated carbocycles. The van der Waals surface area contributed by atoms with Crippen molar-refractivity contribution < 1.29 is 5.11 Å². The lowest BCUT2D eigenvalue weighted by Crippen LogP contribution is -1.74. The van der Waals surface area contributed by atoms with E-state index in [4.69, 9.17) is 6.42 Å². The smallest absolute Gasteiger partial charge is 0.0831 e. The zero-order valence-corrected chi connectivity index (χ0v) is 3.61. The fourth-order valence-corrected chi connectivity index (χ4v) is 0.174. The van der Waals surface area contributed by atoms with Gasteiger partial charge in [-0.05, 0) is 6.42 Å². The lowest BCUT2D eigenvalue weighted by Gasteiger charge is -1.77. The molecule has 0 aromatic carbocycles. The van der Waals surface area contributed by atoms with Gasteiger partial charge in [0.1, 0.15) is 0 Å². The van der Waals surface area contributed by atoms with Crippen LogP contribution in [0, 0.1) is 12.3 Å². The maximum absolute atomic E-state index is 9.59. The fourth-order valence-electron chi connectivity index (χ4n) is 0.174. The molecule has 1 radical (unpaired) electrons. The third-order valence-corrected chi connectivity index (χ3v) is 0.465. The van der Waals surface area contributed by atoms with E-state index in [0.717, 1.165) is 0 Å². The Morgan fingerprint density at radius 3 is 2.50 bits per heavy atom. The van der Waals surface area contributed by atoms with Gasteiger partial charge in [-0.15, -0.1) is 12.3 Å². The first-order chi connectivity index (χ1) is 2.91. The van der Waals surface area contributed by atoms with Gasteiger partial charge in [0.15, 0.2) is 0 Å². The van der Waals surface area contributed by atoms with Crippen molar-refractivity contribution in [2.75, 3.05) is 6.61 Å². The van der Waals surface area contributed by atoms with Crippen LogP contribution in [0.25, 0.3) is 0 Å². The Kier molecular flexibility index (Phi) is 4.16. The maximum Gasteiger partial charge on any atom is 0.0831 e. The molecule has 1 nitrogen and oxygen atoms in total. The van der Waals surface area contributed by atoms with E-state index in [0.29, 0.717) is 12.8 Å². The molecule has 0 amide bonds. The first kappa shape index (κ1) is 5.52. The van der Waals surface area contributed by atoms with Crippen molar-refractivity contribution in [3.05, 3.63) is 0 Å². The van der Waals surface area contributed by atoms with Crippen LogP contribution in [0.15, 0.2) is 0 Å². The van der Waals surface area contributed by atoms with E-state index in [2.05, 4.69) is 5.92 Å². The summed E-state index contributed by atoms with van der Waals surface area (Å²) in [5.74, 6) is 2.37. The number of rotatable bonds is 2. The summed E-state index contributed by atoms with van der Waals surface area (Å²) in [4.78, 5) is 0. The monoisotopic (exact) mass is 83.0 g/mol. The van der Waals surface area contributed by atoms with Gasteiger partial charge in [-0.25, -0.2) is 5.11 Å². The van der Waals surface area contributed by atoms with Gasteiger partial charge >= 0.3 is 0 Å². The normalized spacial score (nSPS) is 7.33. The summed E-state index contributed by atoms with van der Waals surface area (Å²) in [5, 5.41) is 9.59. The van der Waals surface area contributed by atoms with Gasteiger partial charge in [0.05, 0.1) is 6.61 Å². The van der Waals surface area contributed by atoms with Gasteiger partial charge in [0, 0.05) is 6.42 Å². The summed E-state index contributed by atoms with van der Waals surface area (Å²) >= 11 is 0. The summed E-state index contributed by atoms with van der Waals surface area (Å²) < 4.78 is 0. The summed E-state index contributed by atoms with van der Waals surface area (Å²) in [6.45, 7) is -0.0375. The van der Waals surface area contributed by atoms with Crippen LogP contribution in [0.5, 0.6) is 0 Å². The highest BCUT2D eigenvalue weighted by Crippen LogP contribution is 1.80. The molecule has 0 unspecified atom stereocenters. The largest absolute Gasteiger partial charge is 0.237 e. The molecule has 0 aliphatic rings. The molecule has 0 N–H and O–H groups in total. The van der Waals surface area contributed by atoms with Crippen LogP contribution in [0.3, 0.4) is 0 Å². The Morgan fingerprint density at radius 1 is 1.67 bits per heavy atom. The van der Waals surface area contributed by atoms with E-state index >= 15 is 0 Å². The van der Waals surface area contributed by atoms with E-state index in [1.165, 1.54) is 0 Å². The van der Waals surface area contributed by atoms with Gasteiger partial charge in [-0.3, -0.25) is 0 Å². The first-order valence-electron chi connectivity index (χ1n) is 1.93. The summed E-state index contributed by atoms with van der Waals surface area (Å²) in [6, 6.07) is 0. The van der Waals surface area contributed by atoms with Gasteiger partial charge in [0.2, 0.25) is 0 Å². The molecule has 0 heterocycles. The zero-order valence-electron chi connectivity index (χ0n) is 3.61. The SMILES string of the molecule is C#CCCC[O]. The van der Waals surface area contributed by atoms with Crippen molar-refractivity contribution in [3.63, 3.8) is 0 Å². The molecule has 0 bridgehead atoms. The van der Waals surface area contributed by atoms with Crippen molar-refractivity contribution in [2.45, 2.75) is 12.8 Å². The van der Waals surface area contributed by atoms with Crippen LogP contribution in [-0.2, 0) is 5.11 Å². The Bertz CT molecular complexity index is 51.4. The molecule has 0 atom stereocenters. The highest BCUT2D eigenvalue weighted by Gasteiger charge is 1.74. The Morgan fingerprint density at radius 2 is 2.33 bits per heavy atom. The van der Waals surface area contributed by atoms with Crippen LogP contribution in [-0.4, -0.2) is 6.61 Å². The minimum Gasteiger partial charge on any atom is -0.237 e. The van der Waals surface area contributed by atoms with Gasteiger partial charge in [-0.2, -0.15) is 0 Å². The van der Waals surface area contributed by atoms with Crippen molar-refractivity contribution in [1.29, 1.82) is 0 Å². The molecule has 0 aliphatic heterocycles. The predicted octanol–water partition coefficient (Wildman–Crippen LogP) is 0.830. The third-order valence-electron chi connectivity index (χ3n) is 0.465. The van der Waals surface area contributed by atoms with Crippen LogP contribution < -0.4 is 0 Å². The molecule has 0 rings (SSSR count). The highest BCUT2D eigenvalue weighted by molar-refractivity contribution is 4.82. The first-order valence-corrected chi connectivity index (χ1v) is 1.93.